The zero-order valence-electron chi connectivity index (χ0n) is 20.9. The zero-order valence-corrected chi connectivity index (χ0v) is 20.9. The fourth-order valence-electron chi connectivity index (χ4n) is 4.72. The van der Waals surface area contributed by atoms with Crippen LogP contribution in [-0.4, -0.2) is 14.2 Å². The van der Waals surface area contributed by atoms with E-state index < -0.39 is 0 Å². The van der Waals surface area contributed by atoms with E-state index in [1.54, 1.807) is 14.2 Å². The van der Waals surface area contributed by atoms with Gasteiger partial charge in [-0.25, -0.2) is 4.57 Å². The van der Waals surface area contributed by atoms with Gasteiger partial charge in [0.05, 0.1) is 14.2 Å². The lowest BCUT2D eigenvalue weighted by molar-refractivity contribution is -0.660. The zero-order chi connectivity index (χ0) is 24.5. The SMILES string of the molecule is COc1cc2cc(-c3cc(C)c(C)c[n+]3C)cc(-c3ccc(-c4ccccc4)cc3)c2cc1OC. The summed E-state index contributed by atoms with van der Waals surface area (Å²) in [5.41, 5.74) is 9.64. The van der Waals surface area contributed by atoms with Gasteiger partial charge in [0.2, 0.25) is 5.69 Å². The number of aromatic nitrogens is 1. The third-order valence-electron chi connectivity index (χ3n) is 6.80. The minimum Gasteiger partial charge on any atom is -0.493 e. The fourth-order valence-corrected chi connectivity index (χ4v) is 4.72. The van der Waals surface area contributed by atoms with Gasteiger partial charge in [-0.05, 0) is 76.7 Å². The molecule has 5 rings (SSSR count). The van der Waals surface area contributed by atoms with Crippen LogP contribution in [0.1, 0.15) is 11.1 Å². The summed E-state index contributed by atoms with van der Waals surface area (Å²) >= 11 is 0. The molecule has 0 N–H and O–H groups in total. The van der Waals surface area contributed by atoms with Crippen molar-refractivity contribution in [2.24, 2.45) is 7.05 Å². The average Bonchev–Trinajstić information content (AvgIpc) is 2.90. The molecular weight excluding hydrogens is 430 g/mol. The van der Waals surface area contributed by atoms with Crippen LogP contribution in [0.25, 0.3) is 44.3 Å². The van der Waals surface area contributed by atoms with E-state index in [0.717, 1.165) is 39.0 Å². The molecule has 4 aromatic carbocycles. The summed E-state index contributed by atoms with van der Waals surface area (Å²) in [5, 5.41) is 2.24. The highest BCUT2D eigenvalue weighted by molar-refractivity contribution is 6.01. The molecule has 0 saturated heterocycles. The number of benzene rings is 4. The Hall–Kier alpha value is -4.11. The summed E-state index contributed by atoms with van der Waals surface area (Å²) in [6.07, 6.45) is 2.19. The molecule has 0 unspecified atom stereocenters. The Labute approximate surface area is 207 Å². The van der Waals surface area contributed by atoms with E-state index in [1.807, 2.05) is 6.07 Å². The number of ether oxygens (including phenoxy) is 2. The monoisotopic (exact) mass is 460 g/mol. The van der Waals surface area contributed by atoms with Gasteiger partial charge in [-0.3, -0.25) is 0 Å². The van der Waals surface area contributed by atoms with Gasteiger partial charge in [0.1, 0.15) is 7.05 Å². The van der Waals surface area contributed by atoms with Crippen LogP contribution in [0.5, 0.6) is 11.5 Å². The van der Waals surface area contributed by atoms with Crippen molar-refractivity contribution in [1.82, 2.24) is 0 Å². The van der Waals surface area contributed by atoms with E-state index >= 15 is 0 Å². The lowest BCUT2D eigenvalue weighted by atomic mass is 9.92. The highest BCUT2D eigenvalue weighted by Gasteiger charge is 2.18. The van der Waals surface area contributed by atoms with Gasteiger partial charge in [-0.15, -0.1) is 0 Å². The number of nitrogens with zero attached hydrogens (tertiary/aromatic N) is 1. The maximum Gasteiger partial charge on any atom is 0.212 e. The van der Waals surface area contributed by atoms with Crippen LogP contribution in [0, 0.1) is 13.8 Å². The molecule has 0 aliphatic carbocycles. The van der Waals surface area contributed by atoms with Crippen molar-refractivity contribution >= 4 is 10.8 Å². The second kappa shape index (κ2) is 9.27. The van der Waals surface area contributed by atoms with Gasteiger partial charge >= 0.3 is 0 Å². The smallest absolute Gasteiger partial charge is 0.212 e. The predicted octanol–water partition coefficient (Wildman–Crippen LogP) is 7.30. The van der Waals surface area contributed by atoms with Crippen LogP contribution in [0.15, 0.2) is 91.1 Å². The molecule has 0 fully saturated rings. The number of pyridine rings is 1. The first kappa shape index (κ1) is 22.7. The molecule has 0 atom stereocenters. The number of methoxy groups -OCH3 is 2. The predicted molar refractivity (Wildman–Crippen MR) is 144 cm³/mol. The standard InChI is InChI=1S/C32H30NO2/c1-21-15-30(33(3)20-22(21)2)27-16-26-18-31(34-4)32(35-5)19-29(26)28(17-27)25-13-11-24(12-14-25)23-9-7-6-8-10-23/h6-20H,1-5H3/q+1. The normalized spacial score (nSPS) is 11.0. The second-order valence-electron chi connectivity index (χ2n) is 9.03. The Morgan fingerprint density at radius 2 is 1.23 bits per heavy atom. The second-order valence-corrected chi connectivity index (χ2v) is 9.03. The third kappa shape index (κ3) is 4.26. The Bertz CT molecular complexity index is 1520. The Morgan fingerprint density at radius 3 is 1.91 bits per heavy atom. The summed E-state index contributed by atoms with van der Waals surface area (Å²) in [6.45, 7) is 4.31. The van der Waals surface area contributed by atoms with Gasteiger partial charge in [-0.1, -0.05) is 54.6 Å². The van der Waals surface area contributed by atoms with Crippen LogP contribution in [0.2, 0.25) is 0 Å². The van der Waals surface area contributed by atoms with Crippen molar-refractivity contribution in [3.63, 3.8) is 0 Å². The van der Waals surface area contributed by atoms with Gasteiger partial charge in [0, 0.05) is 17.2 Å². The van der Waals surface area contributed by atoms with Gasteiger partial charge in [0.15, 0.2) is 17.7 Å². The summed E-state index contributed by atoms with van der Waals surface area (Å²) in [4.78, 5) is 0. The molecule has 0 radical (unpaired) electrons. The van der Waals surface area contributed by atoms with Crippen molar-refractivity contribution < 1.29 is 14.0 Å². The minimum absolute atomic E-state index is 0.728. The molecule has 3 nitrogen and oxygen atoms in total. The lowest BCUT2D eigenvalue weighted by Crippen LogP contribution is -2.31. The first-order valence-corrected chi connectivity index (χ1v) is 11.8. The van der Waals surface area contributed by atoms with E-state index in [9.17, 15) is 0 Å². The topological polar surface area (TPSA) is 22.3 Å². The van der Waals surface area contributed by atoms with Gasteiger partial charge < -0.3 is 9.47 Å². The minimum atomic E-state index is 0.728. The van der Waals surface area contributed by atoms with Crippen molar-refractivity contribution in [2.75, 3.05) is 14.2 Å². The average molecular weight is 461 g/mol. The van der Waals surface area contributed by atoms with E-state index in [0.29, 0.717) is 0 Å². The Kier molecular flexibility index (Phi) is 6.00. The summed E-state index contributed by atoms with van der Waals surface area (Å²) in [6, 6.07) is 30.2. The molecule has 174 valence electrons. The Morgan fingerprint density at radius 1 is 0.600 bits per heavy atom. The molecule has 3 heteroatoms. The van der Waals surface area contributed by atoms with E-state index in [-0.39, 0.29) is 0 Å². The molecule has 0 spiro atoms. The number of hydrogen-bond acceptors (Lipinski definition) is 2. The number of aryl methyl sites for hydroxylation is 3. The lowest BCUT2D eigenvalue weighted by Gasteiger charge is -2.15. The summed E-state index contributed by atoms with van der Waals surface area (Å²) in [5.74, 6) is 1.46. The highest BCUT2D eigenvalue weighted by Crippen LogP contribution is 2.40. The maximum atomic E-state index is 5.65. The van der Waals surface area contributed by atoms with Crippen LogP contribution in [-0.2, 0) is 7.05 Å². The first-order chi connectivity index (χ1) is 17.0. The summed E-state index contributed by atoms with van der Waals surface area (Å²) in [7, 11) is 5.47. The highest BCUT2D eigenvalue weighted by atomic mass is 16.5. The van der Waals surface area contributed by atoms with Crippen LogP contribution >= 0.6 is 0 Å². The van der Waals surface area contributed by atoms with Crippen molar-refractivity contribution in [3.05, 3.63) is 102 Å². The van der Waals surface area contributed by atoms with E-state index in [1.165, 1.54) is 27.9 Å². The quantitative estimate of drug-likeness (QED) is 0.257. The van der Waals surface area contributed by atoms with Crippen LogP contribution in [0.4, 0.5) is 0 Å². The third-order valence-corrected chi connectivity index (χ3v) is 6.80. The van der Waals surface area contributed by atoms with E-state index in [2.05, 4.69) is 111 Å². The molecule has 0 saturated carbocycles. The number of fused-ring (bicyclic) bond motifs is 1. The number of hydrogen-bond donors (Lipinski definition) is 0. The molecule has 1 aromatic heterocycles. The molecule has 1 heterocycles. The first-order valence-electron chi connectivity index (χ1n) is 11.8. The molecule has 35 heavy (non-hydrogen) atoms. The van der Waals surface area contributed by atoms with E-state index in [4.69, 9.17) is 9.47 Å². The largest absolute Gasteiger partial charge is 0.493 e. The number of rotatable bonds is 5. The molecule has 0 amide bonds. The van der Waals surface area contributed by atoms with Crippen molar-refractivity contribution in [1.29, 1.82) is 0 Å². The molecule has 0 aliphatic heterocycles. The van der Waals surface area contributed by atoms with Crippen molar-refractivity contribution in [3.8, 4) is 45.0 Å². The molecule has 0 aliphatic rings. The van der Waals surface area contributed by atoms with Gasteiger partial charge in [-0.2, -0.15) is 0 Å². The molecule has 5 aromatic rings. The Balaban J connectivity index is 1.74. The molecule has 0 bridgehead atoms. The molecular formula is C32H30NO2+. The van der Waals surface area contributed by atoms with Crippen LogP contribution in [0.3, 0.4) is 0 Å². The van der Waals surface area contributed by atoms with Crippen molar-refractivity contribution in [2.45, 2.75) is 13.8 Å². The van der Waals surface area contributed by atoms with Gasteiger partial charge in [0.25, 0.3) is 0 Å². The van der Waals surface area contributed by atoms with Crippen LogP contribution < -0.4 is 14.0 Å². The maximum absolute atomic E-state index is 5.65. The fraction of sp³-hybridized carbons (Fsp3) is 0.156. The summed E-state index contributed by atoms with van der Waals surface area (Å²) < 4.78 is 13.5.